The van der Waals surface area contributed by atoms with Gasteiger partial charge in [0.1, 0.15) is 11.2 Å². The number of hydrogen-bond donors (Lipinski definition) is 0. The summed E-state index contributed by atoms with van der Waals surface area (Å²) in [5.74, 6) is 0. The van der Waals surface area contributed by atoms with Crippen molar-refractivity contribution in [2.45, 2.75) is 24.9 Å². The van der Waals surface area contributed by atoms with Crippen LogP contribution in [0.15, 0.2) is 142 Å². The molecule has 0 radical (unpaired) electrons. The summed E-state index contributed by atoms with van der Waals surface area (Å²) in [5.41, 5.74) is 4.37. The lowest BCUT2D eigenvalue weighted by Crippen LogP contribution is -2.22. The Morgan fingerprint density at radius 3 is 1.38 bits per heavy atom. The van der Waals surface area contributed by atoms with Crippen molar-refractivity contribution in [1.29, 1.82) is 0 Å². The summed E-state index contributed by atoms with van der Waals surface area (Å²) in [5, 5.41) is 6.97. The zero-order chi connectivity index (χ0) is 26.5. The van der Waals surface area contributed by atoms with E-state index in [1.165, 1.54) is 32.7 Å². The van der Waals surface area contributed by atoms with E-state index in [4.69, 9.17) is 8.39 Å². The van der Waals surface area contributed by atoms with E-state index in [1.807, 2.05) is 0 Å². The number of fused-ring (bicyclic) bond motifs is 7. The van der Waals surface area contributed by atoms with E-state index >= 15 is 0 Å². The van der Waals surface area contributed by atoms with Gasteiger partial charge in [-0.05, 0) is 57.6 Å². The van der Waals surface area contributed by atoms with Crippen molar-refractivity contribution in [1.82, 2.24) is 0 Å². The van der Waals surface area contributed by atoms with Gasteiger partial charge in [0.05, 0.1) is 0 Å². The van der Waals surface area contributed by atoms with Gasteiger partial charge in [0.25, 0.3) is 0 Å². The summed E-state index contributed by atoms with van der Waals surface area (Å²) in [4.78, 5) is 0. The van der Waals surface area contributed by atoms with E-state index in [1.54, 1.807) is 0 Å². The molecule has 0 spiro atoms. The highest BCUT2D eigenvalue weighted by molar-refractivity contribution is 7.39. The van der Waals surface area contributed by atoms with Gasteiger partial charge < -0.3 is 8.39 Å². The Kier molecular flexibility index (Phi) is 5.72. The smallest absolute Gasteiger partial charge is 0.310 e. The molecule has 4 heteroatoms. The molecular formula is C36H28NO2P. The second-order valence-electron chi connectivity index (χ2n) is 10.6. The molecule has 0 N–H and O–H groups in total. The summed E-state index contributed by atoms with van der Waals surface area (Å²) in [6, 6.07) is 47.8. The van der Waals surface area contributed by atoms with Gasteiger partial charge in [0, 0.05) is 22.9 Å². The van der Waals surface area contributed by atoms with Crippen LogP contribution in [0, 0.1) is 0 Å². The molecule has 0 unspecified atom stereocenters. The number of nitrogens with zero attached hydrogens (tertiary/aromatic N) is 1. The van der Waals surface area contributed by atoms with Crippen LogP contribution in [-0.2, 0) is 0 Å². The maximum absolute atomic E-state index is 7.05. The molecule has 1 aromatic heterocycles. The number of hydrogen-bond acceptors (Lipinski definition) is 3. The summed E-state index contributed by atoms with van der Waals surface area (Å²) < 4.78 is 16.6. The maximum Gasteiger partial charge on any atom is 0.310 e. The summed E-state index contributed by atoms with van der Waals surface area (Å²) in [7, 11) is -1.48. The zero-order valence-corrected chi connectivity index (χ0v) is 22.9. The molecule has 7 aromatic rings. The maximum atomic E-state index is 7.05. The first-order valence-corrected chi connectivity index (χ1v) is 15.1. The molecule has 2 atom stereocenters. The van der Waals surface area contributed by atoms with E-state index in [2.05, 4.69) is 138 Å². The minimum Gasteiger partial charge on any atom is -0.408 e. The second kappa shape index (κ2) is 9.71. The Morgan fingerprint density at radius 1 is 0.475 bits per heavy atom. The summed E-state index contributed by atoms with van der Waals surface area (Å²) in [6.07, 6.45) is 2.09. The Labute approximate surface area is 233 Å². The van der Waals surface area contributed by atoms with Gasteiger partial charge in [-0.3, -0.25) is 0 Å². The predicted molar refractivity (Wildman–Crippen MR) is 167 cm³/mol. The van der Waals surface area contributed by atoms with Crippen molar-refractivity contribution in [3.05, 3.63) is 145 Å². The fourth-order valence-corrected chi connectivity index (χ4v) is 8.29. The van der Waals surface area contributed by atoms with Crippen LogP contribution in [0.25, 0.3) is 43.5 Å². The summed E-state index contributed by atoms with van der Waals surface area (Å²) >= 11 is 0. The average molecular weight is 538 g/mol. The molecule has 194 valence electrons. The minimum absolute atomic E-state index is 0.198. The van der Waals surface area contributed by atoms with Crippen LogP contribution in [0.1, 0.15) is 36.1 Å². The Bertz CT molecular complexity index is 1890. The fourth-order valence-electron chi connectivity index (χ4n) is 6.47. The van der Waals surface area contributed by atoms with Crippen LogP contribution in [0.3, 0.4) is 0 Å². The molecule has 1 fully saturated rings. The van der Waals surface area contributed by atoms with E-state index in [9.17, 15) is 0 Å². The van der Waals surface area contributed by atoms with Gasteiger partial charge in [-0.15, -0.1) is 0 Å². The van der Waals surface area contributed by atoms with Crippen molar-refractivity contribution in [2.24, 2.45) is 0 Å². The third kappa shape index (κ3) is 3.85. The SMILES string of the molecule is c1ccc([C@H]2CC[C@H](c3ccccc3)N2p2oc3ccc4ccccc4c3c3c(ccc4ccccc43)o2)cc1. The largest absolute Gasteiger partial charge is 0.408 e. The molecule has 1 aliphatic rings. The first-order valence-electron chi connectivity index (χ1n) is 13.9. The standard InChI is InChI=1S/C36H28NO2P/c1-3-13-27(14-4-1)31-21-22-32(28-15-5-2-6-16-28)37(31)40-38-33-23-19-25-11-7-9-17-29(25)35(33)36-30-18-10-8-12-26(30)20-24-34(36)39-40/h1-20,23-24,31-32H,21-22H2/t31-,32-/m1/s1. The Morgan fingerprint density at radius 2 is 0.900 bits per heavy atom. The molecule has 1 aliphatic heterocycles. The predicted octanol–water partition coefficient (Wildman–Crippen LogP) is 10.8. The summed E-state index contributed by atoms with van der Waals surface area (Å²) in [6.45, 7) is 0. The highest BCUT2D eigenvalue weighted by atomic mass is 31.1. The van der Waals surface area contributed by atoms with Crippen molar-refractivity contribution in [3.63, 3.8) is 0 Å². The molecule has 0 amide bonds. The first kappa shape index (κ1) is 23.6. The van der Waals surface area contributed by atoms with Crippen molar-refractivity contribution in [2.75, 3.05) is 4.67 Å². The van der Waals surface area contributed by atoms with Crippen molar-refractivity contribution >= 4 is 51.6 Å². The van der Waals surface area contributed by atoms with Crippen molar-refractivity contribution in [3.8, 4) is 0 Å². The van der Waals surface area contributed by atoms with Crippen molar-refractivity contribution < 1.29 is 8.39 Å². The molecule has 0 saturated carbocycles. The van der Waals surface area contributed by atoms with Gasteiger partial charge in [-0.1, -0.05) is 121 Å². The van der Waals surface area contributed by atoms with Crippen LogP contribution in [-0.4, -0.2) is 0 Å². The van der Waals surface area contributed by atoms with Crippen LogP contribution in [0.5, 0.6) is 0 Å². The van der Waals surface area contributed by atoms with Gasteiger partial charge in [-0.25, -0.2) is 0 Å². The molecule has 1 saturated heterocycles. The molecule has 3 nitrogen and oxygen atoms in total. The Balaban J connectivity index is 1.48. The average Bonchev–Trinajstić information content (AvgIpc) is 3.39. The Hall–Kier alpha value is -4.30. The minimum atomic E-state index is -1.48. The molecule has 2 heterocycles. The molecular weight excluding hydrogens is 509 g/mol. The van der Waals surface area contributed by atoms with E-state index in [0.29, 0.717) is 0 Å². The number of benzene rings is 6. The van der Waals surface area contributed by atoms with Gasteiger partial charge in [-0.2, -0.15) is 4.67 Å². The fraction of sp³-hybridized carbons (Fsp3) is 0.111. The third-order valence-electron chi connectivity index (χ3n) is 8.29. The lowest BCUT2D eigenvalue weighted by Gasteiger charge is -2.27. The van der Waals surface area contributed by atoms with Crippen LogP contribution in [0.2, 0.25) is 0 Å². The van der Waals surface area contributed by atoms with E-state index in [-0.39, 0.29) is 12.1 Å². The second-order valence-corrected chi connectivity index (χ2v) is 11.9. The number of rotatable bonds is 3. The van der Waals surface area contributed by atoms with E-state index < -0.39 is 8.16 Å². The highest BCUT2D eigenvalue weighted by Gasteiger charge is 2.39. The van der Waals surface area contributed by atoms with Gasteiger partial charge in [0.2, 0.25) is 0 Å². The lowest BCUT2D eigenvalue weighted by molar-refractivity contribution is 0.594. The molecule has 0 aliphatic carbocycles. The van der Waals surface area contributed by atoms with E-state index in [0.717, 1.165) is 34.8 Å². The zero-order valence-electron chi connectivity index (χ0n) is 22.0. The first-order chi connectivity index (χ1) is 19.8. The quantitative estimate of drug-likeness (QED) is 0.224. The molecule has 8 rings (SSSR count). The molecule has 0 bridgehead atoms. The van der Waals surface area contributed by atoms with Crippen LogP contribution >= 0.6 is 8.16 Å². The molecule has 40 heavy (non-hydrogen) atoms. The molecule has 6 aromatic carbocycles. The van der Waals surface area contributed by atoms with Gasteiger partial charge >= 0.3 is 8.16 Å². The van der Waals surface area contributed by atoms with Gasteiger partial charge in [0.15, 0.2) is 0 Å². The topological polar surface area (TPSA) is 29.5 Å². The normalized spacial score (nSPS) is 17.7. The van der Waals surface area contributed by atoms with Crippen LogP contribution in [0.4, 0.5) is 0 Å². The third-order valence-corrected chi connectivity index (χ3v) is 9.93. The highest BCUT2D eigenvalue weighted by Crippen LogP contribution is 2.53. The monoisotopic (exact) mass is 537 g/mol. The lowest BCUT2D eigenvalue weighted by atomic mass is 9.99. The van der Waals surface area contributed by atoms with Crippen LogP contribution < -0.4 is 4.67 Å².